The number of carbonyl (C=O) groups excluding carboxylic acids is 1. The van der Waals surface area contributed by atoms with Gasteiger partial charge in [0.2, 0.25) is 5.91 Å². The van der Waals surface area contributed by atoms with Crippen molar-refractivity contribution in [1.82, 2.24) is 5.32 Å². The number of amides is 1. The van der Waals surface area contributed by atoms with Crippen LogP contribution in [0.2, 0.25) is 0 Å². The van der Waals surface area contributed by atoms with Crippen molar-refractivity contribution in [1.29, 1.82) is 0 Å². The largest absolute Gasteiger partial charge is 0.496 e. The minimum atomic E-state index is -0.775. The fourth-order valence-electron chi connectivity index (χ4n) is 3.04. The van der Waals surface area contributed by atoms with Gasteiger partial charge >= 0.3 is 0 Å². The molecule has 22 heavy (non-hydrogen) atoms. The number of ether oxygens (including phenoxy) is 1. The predicted octanol–water partition coefficient (Wildman–Crippen LogP) is 1.64. The molecule has 1 aromatic rings. The van der Waals surface area contributed by atoms with Gasteiger partial charge in [-0.2, -0.15) is 0 Å². The molecule has 1 aliphatic rings. The van der Waals surface area contributed by atoms with Crippen molar-refractivity contribution in [3.05, 3.63) is 29.8 Å². The van der Waals surface area contributed by atoms with E-state index in [1.165, 1.54) is 0 Å². The van der Waals surface area contributed by atoms with Gasteiger partial charge < -0.3 is 20.9 Å². The monoisotopic (exact) mass is 328 g/mol. The molecule has 0 saturated heterocycles. The highest BCUT2D eigenvalue weighted by atomic mass is 35.5. The number of aliphatic hydroxyl groups excluding tert-OH is 1. The Balaban J connectivity index is 0.00000242. The zero-order valence-electron chi connectivity index (χ0n) is 12.8. The van der Waals surface area contributed by atoms with Gasteiger partial charge in [-0.15, -0.1) is 12.4 Å². The number of hydrogen-bond acceptors (Lipinski definition) is 4. The summed E-state index contributed by atoms with van der Waals surface area (Å²) in [5, 5.41) is 13.1. The summed E-state index contributed by atoms with van der Waals surface area (Å²) in [5.74, 6) is 0.880. The van der Waals surface area contributed by atoms with E-state index in [4.69, 9.17) is 10.5 Å². The SMILES string of the molecule is COc1ccccc1C(O)CNC(=O)[C@@H]1CCC[C@@H]1CN.Cl. The van der Waals surface area contributed by atoms with Gasteiger partial charge in [0.05, 0.1) is 13.2 Å². The second kappa shape index (κ2) is 8.98. The van der Waals surface area contributed by atoms with Crippen molar-refractivity contribution in [2.75, 3.05) is 20.2 Å². The molecule has 0 heterocycles. The van der Waals surface area contributed by atoms with Gasteiger partial charge in [-0.1, -0.05) is 24.6 Å². The second-order valence-corrected chi connectivity index (χ2v) is 5.54. The smallest absolute Gasteiger partial charge is 0.223 e. The highest BCUT2D eigenvalue weighted by molar-refractivity contribution is 5.85. The van der Waals surface area contributed by atoms with Gasteiger partial charge in [0.25, 0.3) is 0 Å². The molecule has 1 aromatic carbocycles. The van der Waals surface area contributed by atoms with Gasteiger partial charge in [0, 0.05) is 18.0 Å². The van der Waals surface area contributed by atoms with E-state index in [-0.39, 0.29) is 36.7 Å². The highest BCUT2D eigenvalue weighted by Crippen LogP contribution is 2.31. The minimum Gasteiger partial charge on any atom is -0.496 e. The Kier molecular flexibility index (Phi) is 7.65. The fourth-order valence-corrected chi connectivity index (χ4v) is 3.04. The summed E-state index contributed by atoms with van der Waals surface area (Å²) in [6, 6.07) is 7.28. The van der Waals surface area contributed by atoms with Crippen LogP contribution in [-0.2, 0) is 4.79 Å². The van der Waals surface area contributed by atoms with Crippen molar-refractivity contribution in [2.24, 2.45) is 17.6 Å². The Morgan fingerprint density at radius 2 is 2.18 bits per heavy atom. The standard InChI is InChI=1S/C16H24N2O3.ClH/c1-21-15-8-3-2-6-13(15)14(19)10-18-16(20)12-7-4-5-11(12)9-17;/h2-3,6,8,11-12,14,19H,4-5,7,9-10,17H2,1H3,(H,18,20);1H/t11-,12-,14?;/m1./s1. The highest BCUT2D eigenvalue weighted by Gasteiger charge is 2.32. The maximum atomic E-state index is 12.2. The third-order valence-electron chi connectivity index (χ3n) is 4.27. The summed E-state index contributed by atoms with van der Waals surface area (Å²) < 4.78 is 5.22. The van der Waals surface area contributed by atoms with Crippen molar-refractivity contribution < 1.29 is 14.6 Å². The van der Waals surface area contributed by atoms with E-state index in [0.717, 1.165) is 19.3 Å². The predicted molar refractivity (Wildman–Crippen MR) is 88.1 cm³/mol. The van der Waals surface area contributed by atoms with E-state index in [1.54, 1.807) is 19.2 Å². The first-order valence-electron chi connectivity index (χ1n) is 7.46. The van der Waals surface area contributed by atoms with E-state index in [1.807, 2.05) is 12.1 Å². The zero-order chi connectivity index (χ0) is 15.2. The molecular formula is C16H25ClN2O3. The zero-order valence-corrected chi connectivity index (χ0v) is 13.6. The van der Waals surface area contributed by atoms with Crippen LogP contribution in [0.4, 0.5) is 0 Å². The molecule has 3 atom stereocenters. The Bertz CT molecular complexity index is 484. The molecule has 0 spiro atoms. The Morgan fingerprint density at radius 3 is 2.86 bits per heavy atom. The van der Waals surface area contributed by atoms with Crippen LogP contribution in [0.15, 0.2) is 24.3 Å². The van der Waals surface area contributed by atoms with Crippen LogP contribution in [0.25, 0.3) is 0 Å². The number of rotatable bonds is 6. The molecule has 5 nitrogen and oxygen atoms in total. The van der Waals surface area contributed by atoms with Crippen LogP contribution in [-0.4, -0.2) is 31.2 Å². The van der Waals surface area contributed by atoms with Crippen molar-refractivity contribution >= 4 is 18.3 Å². The number of halogens is 1. The Hall–Kier alpha value is -1.30. The molecule has 4 N–H and O–H groups in total. The lowest BCUT2D eigenvalue weighted by Gasteiger charge is -2.20. The first kappa shape index (κ1) is 18.7. The molecule has 1 aliphatic carbocycles. The molecule has 2 rings (SSSR count). The number of para-hydroxylation sites is 1. The van der Waals surface area contributed by atoms with Gasteiger partial charge in [0.15, 0.2) is 0 Å². The van der Waals surface area contributed by atoms with E-state index in [0.29, 0.717) is 17.9 Å². The van der Waals surface area contributed by atoms with Gasteiger partial charge in [-0.25, -0.2) is 0 Å². The molecule has 0 aromatic heterocycles. The molecule has 124 valence electrons. The molecule has 1 unspecified atom stereocenters. The second-order valence-electron chi connectivity index (χ2n) is 5.54. The van der Waals surface area contributed by atoms with Crippen LogP contribution >= 0.6 is 12.4 Å². The summed E-state index contributed by atoms with van der Waals surface area (Å²) >= 11 is 0. The maximum Gasteiger partial charge on any atom is 0.223 e. The van der Waals surface area contributed by atoms with E-state index < -0.39 is 6.10 Å². The normalized spacial score (nSPS) is 21.8. The average Bonchev–Trinajstić information content (AvgIpc) is 3.00. The molecule has 1 saturated carbocycles. The third-order valence-corrected chi connectivity index (χ3v) is 4.27. The van der Waals surface area contributed by atoms with Crippen molar-refractivity contribution in [3.63, 3.8) is 0 Å². The number of nitrogens with two attached hydrogens (primary N) is 1. The lowest BCUT2D eigenvalue weighted by atomic mass is 9.95. The fraction of sp³-hybridized carbons (Fsp3) is 0.562. The lowest BCUT2D eigenvalue weighted by molar-refractivity contribution is -0.126. The van der Waals surface area contributed by atoms with Gasteiger partial charge in [-0.3, -0.25) is 4.79 Å². The average molecular weight is 329 g/mol. The molecule has 0 aliphatic heterocycles. The third kappa shape index (κ3) is 4.35. The number of nitrogens with one attached hydrogen (secondary N) is 1. The van der Waals surface area contributed by atoms with Crippen molar-refractivity contribution in [2.45, 2.75) is 25.4 Å². The molecule has 6 heteroatoms. The minimum absolute atomic E-state index is 0. The lowest BCUT2D eigenvalue weighted by Crippen LogP contribution is -2.37. The number of aliphatic hydroxyl groups is 1. The van der Waals surface area contributed by atoms with Crippen LogP contribution in [0, 0.1) is 11.8 Å². The first-order valence-corrected chi connectivity index (χ1v) is 7.46. The van der Waals surface area contributed by atoms with E-state index >= 15 is 0 Å². The molecule has 1 amide bonds. The van der Waals surface area contributed by atoms with Crippen LogP contribution in [0.5, 0.6) is 5.75 Å². The Labute approximate surface area is 137 Å². The van der Waals surface area contributed by atoms with Crippen LogP contribution in [0.3, 0.4) is 0 Å². The quantitative estimate of drug-likeness (QED) is 0.741. The first-order chi connectivity index (χ1) is 10.2. The van der Waals surface area contributed by atoms with Crippen molar-refractivity contribution in [3.8, 4) is 5.75 Å². The number of methoxy groups -OCH3 is 1. The number of benzene rings is 1. The summed E-state index contributed by atoms with van der Waals surface area (Å²) in [7, 11) is 1.56. The molecule has 0 bridgehead atoms. The summed E-state index contributed by atoms with van der Waals surface area (Å²) in [6.07, 6.45) is 2.18. The summed E-state index contributed by atoms with van der Waals surface area (Å²) in [6.45, 7) is 0.736. The summed E-state index contributed by atoms with van der Waals surface area (Å²) in [4.78, 5) is 12.2. The maximum absolute atomic E-state index is 12.2. The summed E-state index contributed by atoms with van der Waals surface area (Å²) in [5.41, 5.74) is 6.38. The van der Waals surface area contributed by atoms with Crippen LogP contribution < -0.4 is 15.8 Å². The number of carbonyl (C=O) groups is 1. The topological polar surface area (TPSA) is 84.6 Å². The molecule has 1 fully saturated rings. The number of hydrogen-bond donors (Lipinski definition) is 3. The molecular weight excluding hydrogens is 304 g/mol. The Morgan fingerprint density at radius 1 is 1.45 bits per heavy atom. The van der Waals surface area contributed by atoms with Crippen LogP contribution in [0.1, 0.15) is 30.9 Å². The van der Waals surface area contributed by atoms with E-state index in [2.05, 4.69) is 5.32 Å². The van der Waals surface area contributed by atoms with Gasteiger partial charge in [0.1, 0.15) is 5.75 Å². The van der Waals surface area contributed by atoms with E-state index in [9.17, 15) is 9.90 Å². The molecule has 0 radical (unpaired) electrons. The van der Waals surface area contributed by atoms with Gasteiger partial charge in [-0.05, 0) is 31.4 Å².